The highest BCUT2D eigenvalue weighted by Gasteiger charge is 2.71. The number of allylic oxidation sites excluding steroid dienone is 2. The number of esters is 1. The number of carboxylic acids is 1. The van der Waals surface area contributed by atoms with E-state index < -0.39 is 22.6 Å². The molecule has 0 aromatic heterocycles. The molecule has 0 spiro atoms. The summed E-state index contributed by atoms with van der Waals surface area (Å²) in [5, 5.41) is 12.6. The van der Waals surface area contributed by atoms with Gasteiger partial charge in [-0.2, -0.15) is 0 Å². The van der Waals surface area contributed by atoms with Gasteiger partial charge in [0, 0.05) is 26.2 Å². The first-order valence-corrected chi connectivity index (χ1v) is 23.9. The number of hydrogen-bond acceptors (Lipinski definition) is 7. The van der Waals surface area contributed by atoms with E-state index in [1.54, 1.807) is 4.90 Å². The maximum atomic E-state index is 14.7. The summed E-state index contributed by atoms with van der Waals surface area (Å²) in [5.74, 6) is 0.0749. The van der Waals surface area contributed by atoms with E-state index in [9.17, 15) is 24.3 Å². The van der Waals surface area contributed by atoms with Crippen LogP contribution < -0.4 is 5.32 Å². The molecule has 5 aliphatic carbocycles. The van der Waals surface area contributed by atoms with Gasteiger partial charge in [-0.15, -0.1) is 0 Å². The van der Waals surface area contributed by atoms with Crippen molar-refractivity contribution in [2.24, 2.45) is 56.7 Å². The number of likely N-dealkylation sites (N-methyl/N-ethyl adjacent to an activating group) is 1. The summed E-state index contributed by atoms with van der Waals surface area (Å²) in [6, 6.07) is 8.02. The fraction of sp³-hybridized carbons (Fsp3) is 0.736. The molecule has 0 saturated heterocycles. The topological polar surface area (TPSA) is 125 Å². The highest BCUT2D eigenvalue weighted by atomic mass is 16.6. The van der Waals surface area contributed by atoms with Gasteiger partial charge in [-0.3, -0.25) is 9.59 Å². The number of rotatable bonds is 12. The van der Waals surface area contributed by atoms with Crippen molar-refractivity contribution in [3.8, 4) is 0 Å². The minimum atomic E-state index is -0.919. The van der Waals surface area contributed by atoms with Crippen LogP contribution in [-0.2, 0) is 19.1 Å². The lowest BCUT2D eigenvalue weighted by molar-refractivity contribution is -0.225. The smallest absolute Gasteiger partial charge is 0.410 e. The number of nitrogens with zero attached hydrogens (tertiary/aromatic N) is 2. The Morgan fingerprint density at radius 2 is 1.46 bits per heavy atom. The molecule has 4 saturated carbocycles. The zero-order chi connectivity index (χ0) is 46.7. The number of aliphatic carboxylic acids is 1. The number of benzene rings is 1. The van der Waals surface area contributed by atoms with Crippen molar-refractivity contribution in [1.82, 2.24) is 15.1 Å². The maximum Gasteiger partial charge on any atom is 0.410 e. The number of carbonyl (C=O) groups is 4. The molecule has 0 aliphatic heterocycles. The fourth-order valence-corrected chi connectivity index (χ4v) is 14.4. The van der Waals surface area contributed by atoms with Gasteiger partial charge in [-0.1, -0.05) is 65.0 Å². The predicted molar refractivity (Wildman–Crippen MR) is 250 cm³/mol. The molecule has 2 amide bonds. The van der Waals surface area contributed by atoms with Crippen molar-refractivity contribution in [3.63, 3.8) is 0 Å². The van der Waals surface area contributed by atoms with E-state index in [-0.39, 0.29) is 70.3 Å². The van der Waals surface area contributed by atoms with Crippen LogP contribution in [-0.4, -0.2) is 90.3 Å². The zero-order valence-electron chi connectivity index (χ0n) is 41.2. The van der Waals surface area contributed by atoms with Crippen LogP contribution in [0.25, 0.3) is 5.57 Å². The maximum absolute atomic E-state index is 14.7. The van der Waals surface area contributed by atoms with Crippen LogP contribution in [0.5, 0.6) is 0 Å². The second-order valence-electron chi connectivity index (χ2n) is 23.9. The number of carboxylic acid groups (broad SMARTS) is 1. The SMILES string of the molecule is C=C(CN(CCN(C)C)C(=O)OC(C)(C)C)[C@@H]1CC[C@]2(C(=O)NCCC(=O)O)CC[C@]3(C)[C@H](CC[C@@H]4[C@@]5(C)CC=C(c6ccc(C(=O)OC(C)(C)C)cc6)C(C)(C)[C@@H]5CC[C@]43C)[C@@H]12. The van der Waals surface area contributed by atoms with Gasteiger partial charge in [0.25, 0.3) is 0 Å². The predicted octanol–water partition coefficient (Wildman–Crippen LogP) is 10.7. The molecule has 1 aromatic carbocycles. The second-order valence-corrected chi connectivity index (χ2v) is 23.9. The average Bonchev–Trinajstić information content (AvgIpc) is 3.56. The van der Waals surface area contributed by atoms with Crippen molar-refractivity contribution in [3.05, 3.63) is 53.6 Å². The molecule has 0 heterocycles. The molecule has 0 radical (unpaired) electrons. The highest BCUT2D eigenvalue weighted by molar-refractivity contribution is 5.90. The Hall–Kier alpha value is -3.66. The minimum Gasteiger partial charge on any atom is -0.481 e. The van der Waals surface area contributed by atoms with E-state index in [4.69, 9.17) is 16.1 Å². The van der Waals surface area contributed by atoms with Crippen molar-refractivity contribution < 1.29 is 33.8 Å². The molecule has 6 rings (SSSR count). The third-order valence-electron chi connectivity index (χ3n) is 17.3. The molecule has 1 aromatic rings. The first-order valence-electron chi connectivity index (χ1n) is 23.9. The van der Waals surface area contributed by atoms with Crippen LogP contribution in [0.15, 0.2) is 42.5 Å². The number of nitrogens with one attached hydrogen (secondary N) is 1. The summed E-state index contributed by atoms with van der Waals surface area (Å²) in [6.45, 7) is 30.4. The standard InChI is InChI=1S/C53H81N3O7/c1-34(33-56(32-31-55(13)14)46(61)63-48(5,6)7)37-21-27-53(45(60)54-30-24-42(57)58)29-28-51(11)39(43(37)53)19-20-41-50(10)25-22-38(49(8,9)40(50)23-26-52(41,51)12)35-15-17-36(18-16-35)44(59)62-47(2,3)4/h15-18,22,37,39-41,43H,1,19-21,23-33H2,2-14H3,(H,54,60)(H,57,58)/t37-,39+,40-,41+,43+,50-,51+,52+,53-/m0/s1. The average molecular weight is 872 g/mol. The lowest BCUT2D eigenvalue weighted by Crippen LogP contribution is -2.66. The van der Waals surface area contributed by atoms with Crippen molar-refractivity contribution in [1.29, 1.82) is 0 Å². The largest absolute Gasteiger partial charge is 0.481 e. The van der Waals surface area contributed by atoms with Gasteiger partial charge in [0.05, 0.1) is 17.4 Å². The molecular weight excluding hydrogens is 791 g/mol. The number of carbonyl (C=O) groups excluding carboxylic acids is 3. The number of fused-ring (bicyclic) bond motifs is 7. The molecule has 5 aliphatic rings. The lowest BCUT2D eigenvalue weighted by Gasteiger charge is -2.72. The third kappa shape index (κ3) is 9.14. The van der Waals surface area contributed by atoms with Gasteiger partial charge in [0.2, 0.25) is 5.91 Å². The summed E-state index contributed by atoms with van der Waals surface area (Å²) in [5.41, 5.74) is 2.26. The monoisotopic (exact) mass is 872 g/mol. The highest BCUT2D eigenvalue weighted by Crippen LogP contribution is 2.77. The quantitative estimate of drug-likeness (QED) is 0.157. The second kappa shape index (κ2) is 17.3. The van der Waals surface area contributed by atoms with E-state index in [0.717, 1.165) is 63.4 Å². The molecule has 0 unspecified atom stereocenters. The first kappa shape index (κ1) is 48.8. The van der Waals surface area contributed by atoms with E-state index >= 15 is 0 Å². The Balaban J connectivity index is 1.32. The summed E-state index contributed by atoms with van der Waals surface area (Å²) >= 11 is 0. The molecule has 0 bridgehead atoms. The normalized spacial score (nSPS) is 33.4. The zero-order valence-corrected chi connectivity index (χ0v) is 41.2. The molecule has 9 atom stereocenters. The van der Waals surface area contributed by atoms with Crippen molar-refractivity contribution in [2.75, 3.05) is 40.3 Å². The Bertz CT molecular complexity index is 1960. The fourth-order valence-electron chi connectivity index (χ4n) is 14.4. The first-order chi connectivity index (χ1) is 29.1. The van der Waals surface area contributed by atoms with Crippen molar-refractivity contribution >= 4 is 29.5 Å². The van der Waals surface area contributed by atoms with E-state index in [1.165, 1.54) is 11.1 Å². The van der Waals surface area contributed by atoms with Crippen LogP contribution >= 0.6 is 0 Å². The van der Waals surface area contributed by atoms with Crippen LogP contribution in [0.3, 0.4) is 0 Å². The molecule has 350 valence electrons. The van der Waals surface area contributed by atoms with E-state index in [2.05, 4.69) is 63.0 Å². The van der Waals surface area contributed by atoms with Gasteiger partial charge >= 0.3 is 18.0 Å². The lowest BCUT2D eigenvalue weighted by atomic mass is 9.32. The van der Waals surface area contributed by atoms with Gasteiger partial charge in [0.1, 0.15) is 11.2 Å². The number of ether oxygens (including phenoxy) is 2. The van der Waals surface area contributed by atoms with E-state index in [1.807, 2.05) is 67.8 Å². The molecule has 63 heavy (non-hydrogen) atoms. The summed E-state index contributed by atoms with van der Waals surface area (Å²) in [6.07, 6.45) is 10.7. The molecule has 4 fully saturated rings. The Kier molecular flexibility index (Phi) is 13.4. The molecule has 10 heteroatoms. The Morgan fingerprint density at radius 1 is 0.810 bits per heavy atom. The third-order valence-corrected chi connectivity index (χ3v) is 17.3. The van der Waals surface area contributed by atoms with E-state index in [0.29, 0.717) is 37.0 Å². The van der Waals surface area contributed by atoms with Crippen LogP contribution in [0.4, 0.5) is 4.79 Å². The molecule has 2 N–H and O–H groups in total. The summed E-state index contributed by atoms with van der Waals surface area (Å²) in [4.78, 5) is 56.7. The summed E-state index contributed by atoms with van der Waals surface area (Å²) in [7, 11) is 4.00. The van der Waals surface area contributed by atoms with Crippen LogP contribution in [0.1, 0.15) is 156 Å². The van der Waals surface area contributed by atoms with Gasteiger partial charge in [-0.05, 0) is 188 Å². The Morgan fingerprint density at radius 3 is 2.06 bits per heavy atom. The minimum absolute atomic E-state index is 0.00326. The van der Waals surface area contributed by atoms with Gasteiger partial charge < -0.3 is 29.7 Å². The van der Waals surface area contributed by atoms with Crippen LogP contribution in [0.2, 0.25) is 0 Å². The Labute approximate surface area is 379 Å². The number of hydrogen-bond donors (Lipinski definition) is 2. The van der Waals surface area contributed by atoms with Crippen LogP contribution in [0, 0.1) is 56.7 Å². The molecule has 10 nitrogen and oxygen atoms in total. The number of amides is 2. The summed E-state index contributed by atoms with van der Waals surface area (Å²) < 4.78 is 11.6. The van der Waals surface area contributed by atoms with Crippen molar-refractivity contribution in [2.45, 2.75) is 152 Å². The molecular formula is C53H81N3O7. The van der Waals surface area contributed by atoms with Gasteiger partial charge in [-0.25, -0.2) is 9.59 Å². The van der Waals surface area contributed by atoms with Gasteiger partial charge in [0.15, 0.2) is 0 Å².